The summed E-state index contributed by atoms with van der Waals surface area (Å²) in [6.07, 6.45) is 4.53. The second-order valence-electron chi connectivity index (χ2n) is 10.6. The van der Waals surface area contributed by atoms with E-state index in [-0.39, 0.29) is 17.7 Å². The lowest BCUT2D eigenvalue weighted by molar-refractivity contribution is -0.0530. The molecule has 0 aromatic rings. The molecule has 3 aliphatic rings. The summed E-state index contributed by atoms with van der Waals surface area (Å²) in [5, 5.41) is 3.90. The van der Waals surface area contributed by atoms with E-state index in [0.717, 1.165) is 45.6 Å². The topological polar surface area (TPSA) is 63.3 Å². The zero-order valence-corrected chi connectivity index (χ0v) is 19.9. The van der Waals surface area contributed by atoms with Gasteiger partial charge >= 0.3 is 6.09 Å². The van der Waals surface area contributed by atoms with Gasteiger partial charge in [-0.2, -0.15) is 0 Å². The van der Waals surface area contributed by atoms with Gasteiger partial charge in [0.05, 0.1) is 12.7 Å². The summed E-state index contributed by atoms with van der Waals surface area (Å²) in [7, 11) is 1.78. The fraction of sp³-hybridized carbons (Fsp3) is 0.957. The number of nitrogens with one attached hydrogen (secondary N) is 1. The molecule has 0 radical (unpaired) electrons. The second kappa shape index (κ2) is 9.72. The first-order valence-electron chi connectivity index (χ1n) is 11.7. The number of rotatable bonds is 5. The van der Waals surface area contributed by atoms with E-state index in [0.29, 0.717) is 24.6 Å². The van der Waals surface area contributed by atoms with E-state index in [2.05, 4.69) is 24.1 Å². The zero-order valence-electron chi connectivity index (χ0n) is 19.9. The van der Waals surface area contributed by atoms with Gasteiger partial charge in [0.25, 0.3) is 0 Å². The van der Waals surface area contributed by atoms with Crippen LogP contribution in [-0.2, 0) is 14.2 Å². The minimum atomic E-state index is -0.443. The van der Waals surface area contributed by atoms with Gasteiger partial charge in [-0.15, -0.1) is 0 Å². The highest BCUT2D eigenvalue weighted by molar-refractivity contribution is 5.68. The van der Waals surface area contributed by atoms with E-state index in [1.165, 1.54) is 12.8 Å². The third kappa shape index (κ3) is 5.47. The third-order valence-corrected chi connectivity index (χ3v) is 7.22. The van der Waals surface area contributed by atoms with Crippen LogP contribution in [0.3, 0.4) is 0 Å². The lowest BCUT2D eigenvalue weighted by atomic mass is 9.82. The van der Waals surface area contributed by atoms with E-state index < -0.39 is 5.60 Å². The Hall–Kier alpha value is -0.890. The Balaban J connectivity index is 1.58. The molecule has 1 saturated carbocycles. The molecule has 0 unspecified atom stereocenters. The van der Waals surface area contributed by atoms with E-state index in [4.69, 9.17) is 14.2 Å². The van der Waals surface area contributed by atoms with Crippen LogP contribution in [0.2, 0.25) is 0 Å². The van der Waals surface area contributed by atoms with Gasteiger partial charge in [-0.05, 0) is 52.4 Å². The van der Waals surface area contributed by atoms with E-state index in [9.17, 15) is 4.79 Å². The van der Waals surface area contributed by atoms with Crippen molar-refractivity contribution in [2.75, 3.05) is 46.5 Å². The molecule has 1 amide bonds. The van der Waals surface area contributed by atoms with Crippen molar-refractivity contribution in [3.05, 3.63) is 0 Å². The van der Waals surface area contributed by atoms with Gasteiger partial charge in [-0.25, -0.2) is 4.79 Å². The van der Waals surface area contributed by atoms with Gasteiger partial charge in [0.2, 0.25) is 0 Å². The minimum absolute atomic E-state index is 0.144. The normalized spacial score (nSPS) is 33.8. The summed E-state index contributed by atoms with van der Waals surface area (Å²) in [5.41, 5.74) is -0.243. The van der Waals surface area contributed by atoms with Crippen LogP contribution in [0.25, 0.3) is 0 Å². The number of amides is 1. The largest absolute Gasteiger partial charge is 0.444 e. The number of nitrogens with zero attached hydrogens (tertiary/aromatic N) is 2. The number of carbonyl (C=O) groups is 1. The lowest BCUT2D eigenvalue weighted by Gasteiger charge is -2.48. The van der Waals surface area contributed by atoms with Crippen LogP contribution in [-0.4, -0.2) is 91.7 Å². The Bertz CT molecular complexity index is 571. The van der Waals surface area contributed by atoms with Crippen LogP contribution in [0.1, 0.15) is 60.3 Å². The number of ether oxygens (including phenoxy) is 3. The predicted octanol–water partition coefficient (Wildman–Crippen LogP) is 2.88. The Morgan fingerprint density at radius 3 is 2.47 bits per heavy atom. The zero-order chi connectivity index (χ0) is 21.9. The van der Waals surface area contributed by atoms with Gasteiger partial charge in [-0.3, -0.25) is 4.90 Å². The lowest BCUT2D eigenvalue weighted by Crippen LogP contribution is -2.60. The summed E-state index contributed by atoms with van der Waals surface area (Å²) in [4.78, 5) is 17.0. The number of hydrogen-bond donors (Lipinski definition) is 1. The van der Waals surface area contributed by atoms with Crippen molar-refractivity contribution in [2.24, 2.45) is 5.92 Å². The molecule has 3 fully saturated rings. The van der Waals surface area contributed by atoms with Crippen molar-refractivity contribution in [3.63, 3.8) is 0 Å². The molecule has 2 heterocycles. The second-order valence-corrected chi connectivity index (χ2v) is 10.6. The average Bonchev–Trinajstić information content (AvgIpc) is 3.12. The van der Waals surface area contributed by atoms with Gasteiger partial charge in [-0.1, -0.05) is 13.8 Å². The van der Waals surface area contributed by atoms with Crippen LogP contribution >= 0.6 is 0 Å². The van der Waals surface area contributed by atoms with Crippen molar-refractivity contribution >= 4 is 6.09 Å². The fourth-order valence-electron chi connectivity index (χ4n) is 5.47. The molecule has 0 aromatic carbocycles. The Morgan fingerprint density at radius 2 is 1.87 bits per heavy atom. The van der Waals surface area contributed by atoms with Crippen LogP contribution in [0, 0.1) is 5.92 Å². The standard InChI is InChI=1S/C23H43N3O4/c1-17(2)23(26-12-10-25(11-13-26)21(27)30-22(3,4)5)9-7-18(15-23)24-19-8-14-29-16-20(19)28-6/h17-20,24H,7-16H2,1-6H3/t18-,19+,20-,23+/m1/s1. The smallest absolute Gasteiger partial charge is 0.410 e. The molecule has 0 aromatic heterocycles. The summed E-state index contributed by atoms with van der Waals surface area (Å²) in [5.74, 6) is 0.574. The van der Waals surface area contributed by atoms with Crippen LogP contribution in [0.4, 0.5) is 4.79 Å². The molecule has 7 heteroatoms. The molecule has 30 heavy (non-hydrogen) atoms. The molecule has 1 aliphatic carbocycles. The highest BCUT2D eigenvalue weighted by Gasteiger charge is 2.47. The van der Waals surface area contributed by atoms with Gasteiger partial charge in [0.15, 0.2) is 0 Å². The summed E-state index contributed by atoms with van der Waals surface area (Å²) in [6.45, 7) is 15.3. The first kappa shape index (κ1) is 23.8. The van der Waals surface area contributed by atoms with Crippen molar-refractivity contribution in [1.29, 1.82) is 0 Å². The van der Waals surface area contributed by atoms with Gasteiger partial charge in [0.1, 0.15) is 5.60 Å². The van der Waals surface area contributed by atoms with Crippen molar-refractivity contribution in [1.82, 2.24) is 15.1 Å². The molecule has 4 atom stereocenters. The molecule has 0 spiro atoms. The molecule has 3 rings (SSSR count). The minimum Gasteiger partial charge on any atom is -0.444 e. The number of piperazine rings is 1. The quantitative estimate of drug-likeness (QED) is 0.731. The third-order valence-electron chi connectivity index (χ3n) is 7.22. The van der Waals surface area contributed by atoms with Crippen molar-refractivity contribution in [2.45, 2.75) is 89.6 Å². The van der Waals surface area contributed by atoms with Crippen LogP contribution < -0.4 is 5.32 Å². The number of hydrogen-bond acceptors (Lipinski definition) is 6. The molecule has 174 valence electrons. The SMILES string of the molecule is CO[C@@H]1COCC[C@@H]1N[C@@H]1CC[C@](C(C)C)(N2CCN(C(=O)OC(C)(C)C)CC2)C1. The fourth-order valence-corrected chi connectivity index (χ4v) is 5.47. The molecule has 1 N–H and O–H groups in total. The Labute approximate surface area is 182 Å². The molecule has 7 nitrogen and oxygen atoms in total. The maximum absolute atomic E-state index is 12.4. The summed E-state index contributed by atoms with van der Waals surface area (Å²) >= 11 is 0. The van der Waals surface area contributed by atoms with Crippen molar-refractivity contribution < 1.29 is 19.0 Å². The highest BCUT2D eigenvalue weighted by atomic mass is 16.6. The predicted molar refractivity (Wildman–Crippen MR) is 118 cm³/mol. The van der Waals surface area contributed by atoms with E-state index in [1.54, 1.807) is 7.11 Å². The van der Waals surface area contributed by atoms with Crippen LogP contribution in [0.15, 0.2) is 0 Å². The maximum atomic E-state index is 12.4. The highest BCUT2D eigenvalue weighted by Crippen LogP contribution is 2.42. The molecule has 0 bridgehead atoms. The Kier molecular flexibility index (Phi) is 7.70. The first-order chi connectivity index (χ1) is 14.1. The monoisotopic (exact) mass is 425 g/mol. The molecular weight excluding hydrogens is 382 g/mol. The number of methoxy groups -OCH3 is 1. The van der Waals surface area contributed by atoms with Gasteiger partial charge in [0, 0.05) is 57.5 Å². The van der Waals surface area contributed by atoms with Crippen LogP contribution in [0.5, 0.6) is 0 Å². The summed E-state index contributed by atoms with van der Waals surface area (Å²) in [6, 6.07) is 0.887. The first-order valence-corrected chi connectivity index (χ1v) is 11.7. The number of carbonyl (C=O) groups excluding carboxylic acids is 1. The van der Waals surface area contributed by atoms with Crippen molar-refractivity contribution in [3.8, 4) is 0 Å². The average molecular weight is 426 g/mol. The maximum Gasteiger partial charge on any atom is 0.410 e. The summed E-state index contributed by atoms with van der Waals surface area (Å²) < 4.78 is 16.8. The molecular formula is C23H43N3O4. The van der Waals surface area contributed by atoms with E-state index >= 15 is 0 Å². The Morgan fingerprint density at radius 1 is 1.17 bits per heavy atom. The van der Waals surface area contributed by atoms with Gasteiger partial charge < -0.3 is 24.4 Å². The van der Waals surface area contributed by atoms with E-state index in [1.807, 2.05) is 25.7 Å². The molecule has 2 saturated heterocycles. The molecule has 2 aliphatic heterocycles.